The van der Waals surface area contributed by atoms with E-state index in [4.69, 9.17) is 0 Å². The van der Waals surface area contributed by atoms with Crippen LogP contribution in [0.4, 0.5) is 14.5 Å². The number of nitro benzene ring substituents is 1. The monoisotopic (exact) mass is 435 g/mol. The van der Waals surface area contributed by atoms with Gasteiger partial charge >= 0.3 is 11.7 Å². The van der Waals surface area contributed by atoms with Gasteiger partial charge in [-0.05, 0) is 29.3 Å². The maximum Gasteiger partial charge on any atom is 0.326 e. The molecule has 0 fully saturated rings. The summed E-state index contributed by atoms with van der Waals surface area (Å²) >= 11 is 0. The molecule has 0 aliphatic rings. The molecule has 0 radical (unpaired) electrons. The Bertz CT molecular complexity index is 997. The van der Waals surface area contributed by atoms with E-state index in [1.165, 1.54) is 37.3 Å². The van der Waals surface area contributed by atoms with Crippen LogP contribution in [0.15, 0.2) is 42.5 Å². The van der Waals surface area contributed by atoms with Crippen LogP contribution in [0.1, 0.15) is 18.1 Å². The third-order valence-electron chi connectivity index (χ3n) is 4.31. The first-order valence-electron chi connectivity index (χ1n) is 9.04. The Balaban J connectivity index is 2.18. The summed E-state index contributed by atoms with van der Waals surface area (Å²) in [4.78, 5) is 45.7. The summed E-state index contributed by atoms with van der Waals surface area (Å²) in [5.41, 5.74) is -0.174. The number of hydrogen-bond acceptors (Lipinski definition) is 5. The Morgan fingerprint density at radius 2 is 1.58 bits per heavy atom. The van der Waals surface area contributed by atoms with Gasteiger partial charge in [0.05, 0.1) is 4.92 Å². The second-order valence-electron chi connectivity index (χ2n) is 6.73. The topological polar surface area (TPSA) is 139 Å². The van der Waals surface area contributed by atoms with Gasteiger partial charge in [-0.3, -0.25) is 19.7 Å². The van der Waals surface area contributed by atoms with Gasteiger partial charge in [-0.2, -0.15) is 4.39 Å². The summed E-state index contributed by atoms with van der Waals surface area (Å²) in [5, 5.41) is 25.0. The number of hydrogen-bond donors (Lipinski definition) is 3. The summed E-state index contributed by atoms with van der Waals surface area (Å²) in [6.07, 6.45) is -0.383. The molecular weight excluding hydrogens is 416 g/mol. The number of carboxylic acids is 1. The summed E-state index contributed by atoms with van der Waals surface area (Å²) < 4.78 is 26.6. The molecule has 2 atom stereocenters. The molecule has 9 nitrogen and oxygen atoms in total. The van der Waals surface area contributed by atoms with Crippen LogP contribution in [-0.4, -0.2) is 39.9 Å². The molecule has 31 heavy (non-hydrogen) atoms. The summed E-state index contributed by atoms with van der Waals surface area (Å²) in [5.74, 6) is -4.34. The fraction of sp³-hybridized carbons (Fsp3) is 0.250. The van der Waals surface area contributed by atoms with E-state index in [0.29, 0.717) is 5.56 Å². The van der Waals surface area contributed by atoms with Crippen molar-refractivity contribution >= 4 is 23.5 Å². The third kappa shape index (κ3) is 6.84. The molecule has 0 aromatic heterocycles. The molecule has 11 heteroatoms. The lowest BCUT2D eigenvalue weighted by molar-refractivity contribution is -0.387. The first-order valence-corrected chi connectivity index (χ1v) is 9.04. The average molecular weight is 435 g/mol. The molecular formula is C20H19F2N3O6. The van der Waals surface area contributed by atoms with Crippen molar-refractivity contribution in [3.63, 3.8) is 0 Å². The molecule has 0 aliphatic carbocycles. The minimum Gasteiger partial charge on any atom is -0.480 e. The van der Waals surface area contributed by atoms with Crippen molar-refractivity contribution in [1.29, 1.82) is 0 Å². The SMILES string of the molecule is CC(=O)N[C@@H](Cc1ccc(F)cc1)C(=O)N[C@H](Cc1ccc(F)c([N+](=O)[O-])c1)C(=O)O. The van der Waals surface area contributed by atoms with E-state index in [2.05, 4.69) is 10.6 Å². The number of nitrogens with zero attached hydrogens (tertiary/aromatic N) is 1. The Morgan fingerprint density at radius 1 is 1.00 bits per heavy atom. The molecule has 164 valence electrons. The highest BCUT2D eigenvalue weighted by molar-refractivity contribution is 5.90. The highest BCUT2D eigenvalue weighted by Crippen LogP contribution is 2.19. The second kappa shape index (κ2) is 10.2. The van der Waals surface area contributed by atoms with Gasteiger partial charge in [0, 0.05) is 25.8 Å². The van der Waals surface area contributed by atoms with Gasteiger partial charge in [0.15, 0.2) is 0 Å². The first kappa shape index (κ1) is 23.4. The van der Waals surface area contributed by atoms with Crippen LogP contribution in [0.5, 0.6) is 0 Å². The van der Waals surface area contributed by atoms with Gasteiger partial charge in [0.1, 0.15) is 17.9 Å². The van der Waals surface area contributed by atoms with Gasteiger partial charge < -0.3 is 15.7 Å². The summed E-state index contributed by atoms with van der Waals surface area (Å²) in [7, 11) is 0. The molecule has 0 saturated heterocycles. The second-order valence-corrected chi connectivity index (χ2v) is 6.73. The smallest absolute Gasteiger partial charge is 0.326 e. The van der Waals surface area contributed by atoms with Crippen LogP contribution in [0.3, 0.4) is 0 Å². The summed E-state index contributed by atoms with van der Waals surface area (Å²) in [6.45, 7) is 1.18. The third-order valence-corrected chi connectivity index (χ3v) is 4.31. The number of benzene rings is 2. The lowest BCUT2D eigenvalue weighted by Gasteiger charge is -2.21. The van der Waals surface area contributed by atoms with Gasteiger partial charge in [-0.25, -0.2) is 9.18 Å². The largest absolute Gasteiger partial charge is 0.480 e. The minimum absolute atomic E-state index is 0.0277. The van der Waals surface area contributed by atoms with Crippen molar-refractivity contribution in [3.8, 4) is 0 Å². The lowest BCUT2D eigenvalue weighted by atomic mass is 10.0. The van der Waals surface area contributed by atoms with Crippen LogP contribution < -0.4 is 10.6 Å². The predicted octanol–water partition coefficient (Wildman–Crippen LogP) is 1.73. The van der Waals surface area contributed by atoms with Crippen molar-refractivity contribution < 1.29 is 33.2 Å². The summed E-state index contributed by atoms with van der Waals surface area (Å²) in [6, 6.07) is 5.46. The lowest BCUT2D eigenvalue weighted by Crippen LogP contribution is -2.52. The van der Waals surface area contributed by atoms with E-state index in [0.717, 1.165) is 12.1 Å². The van der Waals surface area contributed by atoms with E-state index >= 15 is 0 Å². The highest BCUT2D eigenvalue weighted by atomic mass is 19.1. The van der Waals surface area contributed by atoms with Crippen molar-refractivity contribution in [2.45, 2.75) is 31.8 Å². The zero-order valence-electron chi connectivity index (χ0n) is 16.3. The van der Waals surface area contributed by atoms with Gasteiger partial charge in [0.25, 0.3) is 0 Å². The van der Waals surface area contributed by atoms with Crippen LogP contribution in [0.25, 0.3) is 0 Å². The van der Waals surface area contributed by atoms with Crippen LogP contribution in [0.2, 0.25) is 0 Å². The first-order chi connectivity index (χ1) is 14.6. The van der Waals surface area contributed by atoms with E-state index in [-0.39, 0.29) is 18.4 Å². The van der Waals surface area contributed by atoms with Crippen molar-refractivity contribution in [2.75, 3.05) is 0 Å². The Labute approximate surface area is 175 Å². The maximum absolute atomic E-state index is 13.5. The molecule has 3 N–H and O–H groups in total. The van der Waals surface area contributed by atoms with Crippen molar-refractivity contribution in [2.24, 2.45) is 0 Å². The average Bonchev–Trinajstić information content (AvgIpc) is 2.69. The van der Waals surface area contributed by atoms with E-state index in [1.54, 1.807) is 0 Å². The van der Waals surface area contributed by atoms with Gasteiger partial charge in [-0.1, -0.05) is 18.2 Å². The van der Waals surface area contributed by atoms with Crippen LogP contribution >= 0.6 is 0 Å². The number of halogens is 2. The molecule has 2 amide bonds. The maximum atomic E-state index is 13.5. The minimum atomic E-state index is -1.50. The highest BCUT2D eigenvalue weighted by Gasteiger charge is 2.27. The number of carboxylic acid groups (broad SMARTS) is 1. The Kier molecular flexibility index (Phi) is 7.72. The Morgan fingerprint density at radius 3 is 2.13 bits per heavy atom. The molecule has 0 bridgehead atoms. The van der Waals surface area contributed by atoms with Crippen molar-refractivity contribution in [1.82, 2.24) is 10.6 Å². The molecule has 0 heterocycles. The van der Waals surface area contributed by atoms with Gasteiger partial charge in [-0.15, -0.1) is 0 Å². The normalized spacial score (nSPS) is 12.5. The zero-order chi connectivity index (χ0) is 23.1. The van der Waals surface area contributed by atoms with Crippen LogP contribution in [-0.2, 0) is 27.2 Å². The van der Waals surface area contributed by atoms with Crippen molar-refractivity contribution in [3.05, 3.63) is 75.3 Å². The molecule has 0 spiro atoms. The standard InChI is InChI=1S/C20H19F2N3O6/c1-11(26)23-16(8-12-2-5-14(21)6-3-12)19(27)24-17(20(28)29)9-13-4-7-15(22)18(10-13)25(30)31/h2-7,10,16-17H,8-9H2,1H3,(H,23,26)(H,24,27)(H,28,29)/t16-,17+/m0/s1. The number of nitrogens with one attached hydrogen (secondary N) is 2. The van der Waals surface area contributed by atoms with E-state index < -0.39 is 52.1 Å². The molecule has 0 aliphatic heterocycles. The number of rotatable bonds is 9. The molecule has 2 aromatic carbocycles. The Hall–Kier alpha value is -3.89. The van der Waals surface area contributed by atoms with E-state index in [1.807, 2.05) is 0 Å². The molecule has 0 unspecified atom stereocenters. The number of carbonyl (C=O) groups excluding carboxylic acids is 2. The quantitative estimate of drug-likeness (QED) is 0.405. The number of amides is 2. The predicted molar refractivity (Wildman–Crippen MR) is 104 cm³/mol. The number of nitro groups is 1. The van der Waals surface area contributed by atoms with E-state index in [9.17, 15) is 38.4 Å². The number of carbonyl (C=O) groups is 3. The molecule has 2 rings (SSSR count). The van der Waals surface area contributed by atoms with Crippen LogP contribution in [0, 0.1) is 21.7 Å². The zero-order valence-corrected chi connectivity index (χ0v) is 16.3. The molecule has 0 saturated carbocycles. The fourth-order valence-corrected chi connectivity index (χ4v) is 2.84. The molecule has 2 aromatic rings. The van der Waals surface area contributed by atoms with Gasteiger partial charge in [0.2, 0.25) is 17.6 Å². The number of aliphatic carboxylic acids is 1. The fourth-order valence-electron chi connectivity index (χ4n) is 2.84.